The molecule has 4 rings (SSSR count). The number of hydrogen-bond donors (Lipinski definition) is 1. The van der Waals surface area contributed by atoms with Crippen LogP contribution in [0.4, 0.5) is 0 Å². The minimum absolute atomic E-state index is 0.938. The van der Waals surface area contributed by atoms with Gasteiger partial charge in [0.25, 0.3) is 0 Å². The Kier molecular flexibility index (Phi) is 2.90. The van der Waals surface area contributed by atoms with E-state index in [2.05, 4.69) is 22.2 Å². The lowest BCUT2D eigenvalue weighted by molar-refractivity contribution is -0.0383. The summed E-state index contributed by atoms with van der Waals surface area (Å²) < 4.78 is 0. The van der Waals surface area contributed by atoms with E-state index in [1.807, 2.05) is 0 Å². The number of nitrogens with one attached hydrogen (secondary N) is 1. The predicted octanol–water partition coefficient (Wildman–Crippen LogP) is 0.868. The van der Waals surface area contributed by atoms with Crippen molar-refractivity contribution in [2.45, 2.75) is 25.3 Å². The summed E-state index contributed by atoms with van der Waals surface area (Å²) in [7, 11) is 2.31. The van der Waals surface area contributed by atoms with Gasteiger partial charge in [0.15, 0.2) is 0 Å². The van der Waals surface area contributed by atoms with Crippen LogP contribution >= 0.6 is 0 Å². The topological polar surface area (TPSA) is 18.5 Å². The van der Waals surface area contributed by atoms with Gasteiger partial charge in [0.1, 0.15) is 0 Å². The van der Waals surface area contributed by atoms with E-state index in [0.717, 1.165) is 29.7 Å². The van der Waals surface area contributed by atoms with Crippen molar-refractivity contribution in [2.75, 3.05) is 46.3 Å². The molecule has 4 aliphatic rings. The van der Waals surface area contributed by atoms with E-state index in [4.69, 9.17) is 0 Å². The maximum atomic E-state index is 3.55. The van der Waals surface area contributed by atoms with Gasteiger partial charge < -0.3 is 15.1 Å². The van der Waals surface area contributed by atoms with Gasteiger partial charge in [-0.25, -0.2) is 0 Å². The van der Waals surface area contributed by atoms with Crippen LogP contribution in [-0.4, -0.2) is 62.2 Å². The zero-order chi connectivity index (χ0) is 12.1. The Morgan fingerprint density at radius 3 is 2.56 bits per heavy atom. The molecule has 0 spiro atoms. The first-order valence-electron chi connectivity index (χ1n) is 7.94. The minimum Gasteiger partial charge on any atom is -0.316 e. The zero-order valence-corrected chi connectivity index (χ0v) is 11.6. The lowest BCUT2D eigenvalue weighted by atomic mass is 9.70. The van der Waals surface area contributed by atoms with Crippen molar-refractivity contribution in [3.63, 3.8) is 0 Å². The molecule has 0 aromatic heterocycles. The molecule has 102 valence electrons. The molecule has 0 radical (unpaired) electrons. The fourth-order valence-electron chi connectivity index (χ4n) is 5.14. The Morgan fingerprint density at radius 1 is 1.06 bits per heavy atom. The molecule has 1 saturated carbocycles. The van der Waals surface area contributed by atoms with Crippen molar-refractivity contribution in [3.05, 3.63) is 0 Å². The van der Waals surface area contributed by atoms with Gasteiger partial charge in [-0.05, 0) is 56.7 Å². The third kappa shape index (κ3) is 1.83. The summed E-state index contributed by atoms with van der Waals surface area (Å²) in [6, 6.07) is 0.938. The molecule has 5 unspecified atom stereocenters. The monoisotopic (exact) mass is 249 g/mol. The Morgan fingerprint density at radius 2 is 1.83 bits per heavy atom. The number of hydrogen-bond acceptors (Lipinski definition) is 3. The predicted molar refractivity (Wildman–Crippen MR) is 73.5 cm³/mol. The molecule has 1 aliphatic carbocycles. The van der Waals surface area contributed by atoms with Crippen LogP contribution in [-0.2, 0) is 0 Å². The van der Waals surface area contributed by atoms with Crippen molar-refractivity contribution in [3.8, 4) is 0 Å². The van der Waals surface area contributed by atoms with Gasteiger partial charge in [-0.15, -0.1) is 0 Å². The first kappa shape index (κ1) is 11.7. The molecular weight excluding hydrogens is 222 g/mol. The number of likely N-dealkylation sites (tertiary alicyclic amines) is 2. The van der Waals surface area contributed by atoms with E-state index < -0.39 is 0 Å². The second-order valence-electron chi connectivity index (χ2n) is 7.26. The van der Waals surface area contributed by atoms with E-state index in [1.165, 1.54) is 58.5 Å². The van der Waals surface area contributed by atoms with Crippen LogP contribution in [0.3, 0.4) is 0 Å². The van der Waals surface area contributed by atoms with Crippen molar-refractivity contribution < 1.29 is 0 Å². The number of nitrogens with zero attached hydrogens (tertiary/aromatic N) is 2. The highest BCUT2D eigenvalue weighted by Crippen LogP contribution is 2.41. The standard InChI is InChI=1S/C15H27N3/c1-17-10-14-11(3-2-4-15(14)17)7-18-8-12-5-16-6-13(12)9-18/h11-16H,2-10H2,1H3. The Labute approximate surface area is 111 Å². The van der Waals surface area contributed by atoms with Crippen LogP contribution in [0.25, 0.3) is 0 Å². The molecule has 18 heavy (non-hydrogen) atoms. The normalized spacial score (nSPS) is 48.8. The Balaban J connectivity index is 1.35. The quantitative estimate of drug-likeness (QED) is 0.783. The first-order valence-corrected chi connectivity index (χ1v) is 7.94. The van der Waals surface area contributed by atoms with Gasteiger partial charge in [0.2, 0.25) is 0 Å². The summed E-state index contributed by atoms with van der Waals surface area (Å²) in [6.07, 6.45) is 4.43. The van der Waals surface area contributed by atoms with Crippen LogP contribution in [0.2, 0.25) is 0 Å². The molecule has 3 nitrogen and oxygen atoms in total. The Hall–Kier alpha value is -0.120. The SMILES string of the molecule is CN1CC2C(CN3CC4CNCC4C3)CCCC21. The molecule has 3 heteroatoms. The molecule has 4 fully saturated rings. The molecule has 3 heterocycles. The molecule has 3 aliphatic heterocycles. The number of rotatable bonds is 2. The van der Waals surface area contributed by atoms with Gasteiger partial charge >= 0.3 is 0 Å². The summed E-state index contributed by atoms with van der Waals surface area (Å²) in [4.78, 5) is 5.38. The fraction of sp³-hybridized carbons (Fsp3) is 1.00. The molecular formula is C15H27N3. The van der Waals surface area contributed by atoms with Crippen molar-refractivity contribution in [2.24, 2.45) is 23.7 Å². The van der Waals surface area contributed by atoms with Crippen LogP contribution in [0, 0.1) is 23.7 Å². The third-order valence-electron chi connectivity index (χ3n) is 6.20. The van der Waals surface area contributed by atoms with Crippen LogP contribution < -0.4 is 5.32 Å². The lowest BCUT2D eigenvalue weighted by Crippen LogP contribution is -2.59. The molecule has 0 amide bonds. The van der Waals surface area contributed by atoms with Crippen LogP contribution in [0.15, 0.2) is 0 Å². The molecule has 0 aromatic rings. The molecule has 0 bridgehead atoms. The van der Waals surface area contributed by atoms with Gasteiger partial charge in [0.05, 0.1) is 0 Å². The van der Waals surface area contributed by atoms with E-state index in [-0.39, 0.29) is 0 Å². The fourth-order valence-corrected chi connectivity index (χ4v) is 5.14. The van der Waals surface area contributed by atoms with Crippen LogP contribution in [0.5, 0.6) is 0 Å². The van der Waals surface area contributed by atoms with Crippen LogP contribution in [0.1, 0.15) is 19.3 Å². The highest BCUT2D eigenvalue weighted by atomic mass is 15.2. The third-order valence-corrected chi connectivity index (χ3v) is 6.20. The maximum absolute atomic E-state index is 3.55. The minimum atomic E-state index is 0.938. The highest BCUT2D eigenvalue weighted by molar-refractivity contribution is 4.99. The largest absolute Gasteiger partial charge is 0.316 e. The molecule has 3 saturated heterocycles. The van der Waals surface area contributed by atoms with Crippen molar-refractivity contribution in [1.29, 1.82) is 0 Å². The highest BCUT2D eigenvalue weighted by Gasteiger charge is 2.45. The van der Waals surface area contributed by atoms with E-state index in [1.54, 1.807) is 0 Å². The van der Waals surface area contributed by atoms with Crippen molar-refractivity contribution in [1.82, 2.24) is 15.1 Å². The summed E-state index contributed by atoms with van der Waals surface area (Å²) in [5.74, 6) is 3.97. The second-order valence-corrected chi connectivity index (χ2v) is 7.26. The summed E-state index contributed by atoms with van der Waals surface area (Å²) in [5, 5.41) is 3.55. The summed E-state index contributed by atoms with van der Waals surface area (Å²) in [6.45, 7) is 8.09. The van der Waals surface area contributed by atoms with E-state index in [9.17, 15) is 0 Å². The van der Waals surface area contributed by atoms with Gasteiger partial charge in [-0.1, -0.05) is 6.42 Å². The summed E-state index contributed by atoms with van der Waals surface area (Å²) >= 11 is 0. The van der Waals surface area contributed by atoms with Gasteiger partial charge in [0, 0.05) is 32.2 Å². The zero-order valence-electron chi connectivity index (χ0n) is 11.6. The second kappa shape index (κ2) is 4.46. The smallest absolute Gasteiger partial charge is 0.0136 e. The van der Waals surface area contributed by atoms with Crippen molar-refractivity contribution >= 4 is 0 Å². The maximum Gasteiger partial charge on any atom is 0.0136 e. The Bertz CT molecular complexity index is 307. The van der Waals surface area contributed by atoms with Gasteiger partial charge in [-0.2, -0.15) is 0 Å². The first-order chi connectivity index (χ1) is 8.81. The average Bonchev–Trinajstić information content (AvgIpc) is 2.90. The summed E-state index contributed by atoms with van der Waals surface area (Å²) in [5.41, 5.74) is 0. The molecule has 5 atom stereocenters. The van der Waals surface area contributed by atoms with E-state index in [0.29, 0.717) is 0 Å². The number of fused-ring (bicyclic) bond motifs is 2. The van der Waals surface area contributed by atoms with Gasteiger partial charge in [-0.3, -0.25) is 0 Å². The average molecular weight is 249 g/mol. The van der Waals surface area contributed by atoms with E-state index >= 15 is 0 Å². The lowest BCUT2D eigenvalue weighted by Gasteiger charge is -2.53. The molecule has 1 N–H and O–H groups in total. The molecule has 0 aromatic carbocycles.